The molecule has 3 aromatic rings. The third-order valence-corrected chi connectivity index (χ3v) is 5.63. The van der Waals surface area contributed by atoms with Crippen molar-refractivity contribution in [3.63, 3.8) is 0 Å². The molecule has 1 saturated heterocycles. The summed E-state index contributed by atoms with van der Waals surface area (Å²) in [5.41, 5.74) is 4.02. The highest BCUT2D eigenvalue weighted by Crippen LogP contribution is 2.17. The molecule has 8 nitrogen and oxygen atoms in total. The molecule has 1 fully saturated rings. The maximum Gasteiger partial charge on any atom is 0.276 e. The van der Waals surface area contributed by atoms with E-state index in [4.69, 9.17) is 4.74 Å². The number of hydrogen-bond acceptors (Lipinski definition) is 5. The van der Waals surface area contributed by atoms with Crippen molar-refractivity contribution in [1.29, 1.82) is 0 Å². The highest BCUT2D eigenvalue weighted by atomic mass is 16.5. The van der Waals surface area contributed by atoms with Crippen LogP contribution in [-0.4, -0.2) is 57.9 Å². The van der Waals surface area contributed by atoms with E-state index in [1.807, 2.05) is 26.0 Å². The van der Waals surface area contributed by atoms with Gasteiger partial charge in [0.15, 0.2) is 5.69 Å². The van der Waals surface area contributed by atoms with Crippen LogP contribution in [0.4, 0.5) is 0 Å². The molecule has 1 N–H and O–H groups in total. The Morgan fingerprint density at radius 2 is 1.78 bits per heavy atom. The number of aryl methyl sites for hydroxylation is 2. The van der Waals surface area contributed by atoms with E-state index in [0.29, 0.717) is 42.9 Å². The standard InChI is InChI=1S/C24H27N5O3/c1-16-11-17(2)13-20(12-16)29-15-22(26-27-29)24(31)28-9-7-19(8-10-28)25-23(30)18-5-4-6-21(14-18)32-3/h4-6,11-15,19H,7-10H2,1-3H3,(H,25,30). The number of aromatic nitrogens is 3. The summed E-state index contributed by atoms with van der Waals surface area (Å²) in [4.78, 5) is 27.2. The van der Waals surface area contributed by atoms with Crippen LogP contribution in [-0.2, 0) is 0 Å². The molecule has 0 bridgehead atoms. The molecule has 2 amide bonds. The van der Waals surface area contributed by atoms with Gasteiger partial charge in [-0.3, -0.25) is 9.59 Å². The molecule has 0 radical (unpaired) electrons. The Kier molecular flexibility index (Phi) is 6.20. The molecule has 2 aromatic carbocycles. The number of rotatable bonds is 5. The molecule has 0 unspecified atom stereocenters. The van der Waals surface area contributed by atoms with Gasteiger partial charge in [-0.1, -0.05) is 17.3 Å². The first-order valence-electron chi connectivity index (χ1n) is 10.7. The molecule has 1 aliphatic rings. The first-order chi connectivity index (χ1) is 15.4. The maximum atomic E-state index is 12.9. The number of carbonyl (C=O) groups excluding carboxylic acids is 2. The zero-order chi connectivity index (χ0) is 22.7. The van der Waals surface area contributed by atoms with Crippen molar-refractivity contribution >= 4 is 11.8 Å². The second-order valence-corrected chi connectivity index (χ2v) is 8.17. The second kappa shape index (κ2) is 9.21. The SMILES string of the molecule is COc1cccc(C(=O)NC2CCN(C(=O)c3cn(-c4cc(C)cc(C)c4)nn3)CC2)c1. The third kappa shape index (κ3) is 4.80. The van der Waals surface area contributed by atoms with Gasteiger partial charge in [0.25, 0.3) is 11.8 Å². The van der Waals surface area contributed by atoms with E-state index >= 15 is 0 Å². The lowest BCUT2D eigenvalue weighted by Crippen LogP contribution is -2.46. The molecule has 1 aliphatic heterocycles. The van der Waals surface area contributed by atoms with Crippen molar-refractivity contribution in [3.05, 3.63) is 71.0 Å². The number of likely N-dealkylation sites (tertiary alicyclic amines) is 1. The Labute approximate surface area is 187 Å². The average Bonchev–Trinajstić information content (AvgIpc) is 3.29. The fraction of sp³-hybridized carbons (Fsp3) is 0.333. The van der Waals surface area contributed by atoms with E-state index < -0.39 is 0 Å². The first kappa shape index (κ1) is 21.5. The van der Waals surface area contributed by atoms with Crippen molar-refractivity contribution in [2.45, 2.75) is 32.7 Å². The third-order valence-electron chi connectivity index (χ3n) is 5.63. The molecule has 0 aliphatic carbocycles. The largest absolute Gasteiger partial charge is 0.497 e. The number of carbonyl (C=O) groups is 2. The van der Waals surface area contributed by atoms with Crippen molar-refractivity contribution in [1.82, 2.24) is 25.2 Å². The van der Waals surface area contributed by atoms with Gasteiger partial charge in [0, 0.05) is 24.7 Å². The van der Waals surface area contributed by atoms with Crippen LogP contribution in [0.15, 0.2) is 48.7 Å². The molecule has 1 aromatic heterocycles. The van der Waals surface area contributed by atoms with Gasteiger partial charge >= 0.3 is 0 Å². The van der Waals surface area contributed by atoms with Gasteiger partial charge in [0.1, 0.15) is 5.75 Å². The lowest BCUT2D eigenvalue weighted by atomic mass is 10.0. The quantitative estimate of drug-likeness (QED) is 0.668. The number of methoxy groups -OCH3 is 1. The van der Waals surface area contributed by atoms with Gasteiger partial charge in [0.05, 0.1) is 19.0 Å². The van der Waals surface area contributed by atoms with E-state index in [9.17, 15) is 9.59 Å². The summed E-state index contributed by atoms with van der Waals surface area (Å²) < 4.78 is 6.82. The molecule has 32 heavy (non-hydrogen) atoms. The van der Waals surface area contributed by atoms with E-state index in [2.05, 4.69) is 21.7 Å². The fourth-order valence-electron chi connectivity index (χ4n) is 3.99. The van der Waals surface area contributed by atoms with Gasteiger partial charge in [-0.25, -0.2) is 4.68 Å². The molecule has 166 valence electrons. The fourth-order valence-corrected chi connectivity index (χ4v) is 3.99. The van der Waals surface area contributed by atoms with Crippen LogP contribution >= 0.6 is 0 Å². The number of benzene rings is 2. The number of piperidine rings is 1. The normalized spacial score (nSPS) is 14.3. The maximum absolute atomic E-state index is 12.9. The molecule has 0 atom stereocenters. The minimum Gasteiger partial charge on any atom is -0.497 e. The monoisotopic (exact) mass is 433 g/mol. The predicted octanol–water partition coefficient (Wildman–Crippen LogP) is 2.93. The summed E-state index contributed by atoms with van der Waals surface area (Å²) in [5, 5.41) is 11.3. The van der Waals surface area contributed by atoms with Gasteiger partial charge in [-0.2, -0.15) is 0 Å². The Bertz CT molecular complexity index is 1110. The first-order valence-corrected chi connectivity index (χ1v) is 10.7. The molecule has 0 spiro atoms. The van der Waals surface area contributed by atoms with Crippen LogP contribution in [0.1, 0.15) is 44.8 Å². The van der Waals surface area contributed by atoms with Crippen molar-refractivity contribution < 1.29 is 14.3 Å². The van der Waals surface area contributed by atoms with Crippen LogP contribution in [0, 0.1) is 13.8 Å². The zero-order valence-corrected chi connectivity index (χ0v) is 18.5. The summed E-state index contributed by atoms with van der Waals surface area (Å²) in [5.74, 6) is 0.371. The highest BCUT2D eigenvalue weighted by Gasteiger charge is 2.26. The van der Waals surface area contributed by atoms with Gasteiger partial charge in [-0.05, 0) is 68.1 Å². The minimum absolute atomic E-state index is 0.0173. The van der Waals surface area contributed by atoms with Crippen LogP contribution in [0.25, 0.3) is 5.69 Å². The Morgan fingerprint density at radius 1 is 1.06 bits per heavy atom. The molecular weight excluding hydrogens is 406 g/mol. The summed E-state index contributed by atoms with van der Waals surface area (Å²) in [7, 11) is 1.57. The highest BCUT2D eigenvalue weighted by molar-refractivity contribution is 5.95. The van der Waals surface area contributed by atoms with E-state index in [1.165, 1.54) is 0 Å². The summed E-state index contributed by atoms with van der Waals surface area (Å²) in [6, 6.07) is 13.2. The van der Waals surface area contributed by atoms with E-state index in [1.54, 1.807) is 47.2 Å². The average molecular weight is 434 g/mol. The zero-order valence-electron chi connectivity index (χ0n) is 18.5. The molecule has 4 rings (SSSR count). The lowest BCUT2D eigenvalue weighted by Gasteiger charge is -2.31. The van der Waals surface area contributed by atoms with Crippen LogP contribution in [0.2, 0.25) is 0 Å². The number of amides is 2. The smallest absolute Gasteiger partial charge is 0.276 e. The summed E-state index contributed by atoms with van der Waals surface area (Å²) in [6.45, 7) is 5.16. The number of nitrogens with zero attached hydrogens (tertiary/aromatic N) is 4. The van der Waals surface area contributed by atoms with Crippen LogP contribution in [0.3, 0.4) is 0 Å². The molecular formula is C24H27N5O3. The summed E-state index contributed by atoms with van der Waals surface area (Å²) >= 11 is 0. The van der Waals surface area contributed by atoms with Gasteiger partial charge in [0.2, 0.25) is 0 Å². The number of ether oxygens (including phenoxy) is 1. The van der Waals surface area contributed by atoms with Crippen molar-refractivity contribution in [2.24, 2.45) is 0 Å². The van der Waals surface area contributed by atoms with E-state index in [0.717, 1.165) is 16.8 Å². The van der Waals surface area contributed by atoms with Crippen LogP contribution in [0.5, 0.6) is 5.75 Å². The van der Waals surface area contributed by atoms with Gasteiger partial charge in [-0.15, -0.1) is 5.10 Å². The Hall–Kier alpha value is -3.68. The number of nitrogens with one attached hydrogen (secondary N) is 1. The molecule has 2 heterocycles. The number of hydrogen-bond donors (Lipinski definition) is 1. The molecule has 0 saturated carbocycles. The summed E-state index contributed by atoms with van der Waals surface area (Å²) in [6.07, 6.45) is 3.05. The van der Waals surface area contributed by atoms with Gasteiger partial charge < -0.3 is 15.0 Å². The second-order valence-electron chi connectivity index (χ2n) is 8.17. The van der Waals surface area contributed by atoms with E-state index in [-0.39, 0.29) is 17.9 Å². The van der Waals surface area contributed by atoms with Crippen molar-refractivity contribution in [2.75, 3.05) is 20.2 Å². The van der Waals surface area contributed by atoms with Crippen LogP contribution < -0.4 is 10.1 Å². The minimum atomic E-state index is -0.141. The Balaban J connectivity index is 1.34. The topological polar surface area (TPSA) is 89.4 Å². The van der Waals surface area contributed by atoms with Crippen molar-refractivity contribution in [3.8, 4) is 11.4 Å². The predicted molar refractivity (Wildman–Crippen MR) is 120 cm³/mol. The molecule has 8 heteroatoms. The lowest BCUT2D eigenvalue weighted by molar-refractivity contribution is 0.0692. The Morgan fingerprint density at radius 3 is 2.47 bits per heavy atom.